The molecule has 2 aliphatic heterocycles. The van der Waals surface area contributed by atoms with Crippen LogP contribution in [-0.4, -0.2) is 67.7 Å². The second-order valence-corrected chi connectivity index (χ2v) is 10.4. The quantitative estimate of drug-likeness (QED) is 0.715. The number of aryl methyl sites for hydroxylation is 1. The molecule has 2 aliphatic rings. The number of piperazine rings is 1. The van der Waals surface area contributed by atoms with Crippen LogP contribution >= 0.6 is 0 Å². The maximum atomic E-state index is 13.1. The van der Waals surface area contributed by atoms with E-state index in [4.69, 9.17) is 0 Å². The lowest BCUT2D eigenvalue weighted by atomic mass is 10.1. The molecule has 7 heteroatoms. The third-order valence-electron chi connectivity index (χ3n) is 6.35. The zero-order valence-corrected chi connectivity index (χ0v) is 19.0. The molecule has 0 aliphatic carbocycles. The van der Waals surface area contributed by atoms with Crippen LogP contribution < -0.4 is 0 Å². The highest BCUT2D eigenvalue weighted by Crippen LogP contribution is 2.22. The summed E-state index contributed by atoms with van der Waals surface area (Å²) >= 11 is 0. The lowest BCUT2D eigenvalue weighted by molar-refractivity contribution is 0.0628. The van der Waals surface area contributed by atoms with Gasteiger partial charge in [-0.1, -0.05) is 36.8 Å². The van der Waals surface area contributed by atoms with Gasteiger partial charge in [0.15, 0.2) is 0 Å². The van der Waals surface area contributed by atoms with E-state index in [9.17, 15) is 13.2 Å². The van der Waals surface area contributed by atoms with Gasteiger partial charge < -0.3 is 4.90 Å². The van der Waals surface area contributed by atoms with Crippen molar-refractivity contribution in [3.05, 3.63) is 65.2 Å². The van der Waals surface area contributed by atoms with Crippen LogP contribution in [0.5, 0.6) is 0 Å². The van der Waals surface area contributed by atoms with Crippen molar-refractivity contribution in [1.29, 1.82) is 0 Å². The van der Waals surface area contributed by atoms with Crippen molar-refractivity contribution in [1.82, 2.24) is 14.1 Å². The summed E-state index contributed by atoms with van der Waals surface area (Å²) < 4.78 is 27.5. The van der Waals surface area contributed by atoms with Crippen LogP contribution in [0.1, 0.15) is 40.7 Å². The predicted molar refractivity (Wildman–Crippen MR) is 121 cm³/mol. The zero-order valence-electron chi connectivity index (χ0n) is 18.2. The van der Waals surface area contributed by atoms with Gasteiger partial charge in [0.05, 0.1) is 4.90 Å². The number of carbonyl (C=O) groups is 1. The molecule has 2 aromatic carbocycles. The van der Waals surface area contributed by atoms with Gasteiger partial charge in [0.25, 0.3) is 5.91 Å². The average molecular weight is 442 g/mol. The van der Waals surface area contributed by atoms with Gasteiger partial charge in [-0.2, -0.15) is 4.31 Å². The van der Waals surface area contributed by atoms with Crippen molar-refractivity contribution in [3.8, 4) is 0 Å². The van der Waals surface area contributed by atoms with E-state index in [1.54, 1.807) is 28.6 Å². The molecule has 4 rings (SSSR count). The normalized spacial score (nSPS) is 18.8. The van der Waals surface area contributed by atoms with Crippen molar-refractivity contribution >= 4 is 15.9 Å². The average Bonchev–Trinajstić information content (AvgIpc) is 2.81. The first-order valence-electron chi connectivity index (χ1n) is 11.1. The van der Waals surface area contributed by atoms with Crippen molar-refractivity contribution in [2.24, 2.45) is 0 Å². The van der Waals surface area contributed by atoms with Crippen LogP contribution in [0, 0.1) is 6.92 Å². The van der Waals surface area contributed by atoms with Crippen molar-refractivity contribution in [2.75, 3.05) is 39.3 Å². The summed E-state index contributed by atoms with van der Waals surface area (Å²) in [5, 5.41) is 0. The lowest BCUT2D eigenvalue weighted by Crippen LogP contribution is -2.48. The monoisotopic (exact) mass is 441 g/mol. The maximum absolute atomic E-state index is 13.1. The number of hydrogen-bond acceptors (Lipinski definition) is 4. The van der Waals surface area contributed by atoms with Crippen molar-refractivity contribution in [3.63, 3.8) is 0 Å². The summed E-state index contributed by atoms with van der Waals surface area (Å²) in [5.41, 5.74) is 3.05. The van der Waals surface area contributed by atoms with Gasteiger partial charge >= 0.3 is 0 Å². The van der Waals surface area contributed by atoms with Crippen LogP contribution in [-0.2, 0) is 16.6 Å². The fourth-order valence-electron chi connectivity index (χ4n) is 4.36. The molecule has 166 valence electrons. The molecule has 2 heterocycles. The first kappa shape index (κ1) is 22.0. The van der Waals surface area contributed by atoms with Crippen LogP contribution in [0.3, 0.4) is 0 Å². The van der Waals surface area contributed by atoms with Gasteiger partial charge in [-0.05, 0) is 49.1 Å². The molecule has 0 aromatic heterocycles. The minimum Gasteiger partial charge on any atom is -0.336 e. The smallest absolute Gasteiger partial charge is 0.253 e. The highest BCUT2D eigenvalue weighted by molar-refractivity contribution is 7.89. The Hall–Kier alpha value is -2.22. The molecule has 0 radical (unpaired) electrons. The van der Waals surface area contributed by atoms with Crippen LogP contribution in [0.4, 0.5) is 0 Å². The van der Waals surface area contributed by atoms with Gasteiger partial charge in [0.2, 0.25) is 10.0 Å². The molecule has 0 spiro atoms. The number of sulfonamides is 1. The fraction of sp³-hybridized carbons (Fsp3) is 0.458. The number of carbonyl (C=O) groups excluding carboxylic acids is 1. The van der Waals surface area contributed by atoms with Gasteiger partial charge in [0, 0.05) is 51.4 Å². The number of nitrogens with zero attached hydrogens (tertiary/aromatic N) is 3. The summed E-state index contributed by atoms with van der Waals surface area (Å²) in [7, 11) is -3.54. The number of hydrogen-bond donors (Lipinski definition) is 0. The summed E-state index contributed by atoms with van der Waals surface area (Å²) in [6, 6.07) is 14.9. The Kier molecular flexibility index (Phi) is 6.74. The fourth-order valence-corrected chi connectivity index (χ4v) is 5.93. The van der Waals surface area contributed by atoms with E-state index in [-0.39, 0.29) is 10.8 Å². The molecule has 0 bridgehead atoms. The third-order valence-corrected chi connectivity index (χ3v) is 8.24. The molecule has 6 nitrogen and oxygen atoms in total. The molecular weight excluding hydrogens is 410 g/mol. The standard InChI is InChI=1S/C24H31N3O3S/c1-20-8-3-4-9-22(20)19-25-14-16-26(17-15-25)24(28)21-10-7-11-23(18-21)31(29,30)27-12-5-2-6-13-27/h3-4,7-11,18H,2,5-6,12-17,19H2,1H3. The van der Waals surface area contributed by atoms with E-state index in [2.05, 4.69) is 36.1 Å². The number of benzene rings is 2. The van der Waals surface area contributed by atoms with Crippen LogP contribution in [0.2, 0.25) is 0 Å². The molecule has 0 atom stereocenters. The van der Waals surface area contributed by atoms with E-state index >= 15 is 0 Å². The van der Waals surface area contributed by atoms with Crippen LogP contribution in [0.25, 0.3) is 0 Å². The van der Waals surface area contributed by atoms with Crippen molar-refractivity contribution < 1.29 is 13.2 Å². The molecule has 1 amide bonds. The Balaban J connectivity index is 1.40. The Morgan fingerprint density at radius 3 is 2.29 bits per heavy atom. The summed E-state index contributed by atoms with van der Waals surface area (Å²) in [6.45, 7) is 7.05. The second kappa shape index (κ2) is 9.51. The first-order valence-corrected chi connectivity index (χ1v) is 12.6. The zero-order chi connectivity index (χ0) is 21.8. The molecule has 2 fully saturated rings. The maximum Gasteiger partial charge on any atom is 0.253 e. The Morgan fingerprint density at radius 2 is 1.58 bits per heavy atom. The SMILES string of the molecule is Cc1ccccc1CN1CCN(C(=O)c2cccc(S(=O)(=O)N3CCCCC3)c2)CC1. The highest BCUT2D eigenvalue weighted by atomic mass is 32.2. The lowest BCUT2D eigenvalue weighted by Gasteiger charge is -2.35. The number of amides is 1. The topological polar surface area (TPSA) is 60.9 Å². The van der Waals surface area contributed by atoms with E-state index in [1.165, 1.54) is 11.1 Å². The van der Waals surface area contributed by atoms with E-state index in [0.717, 1.165) is 38.9 Å². The molecule has 0 unspecified atom stereocenters. The predicted octanol–water partition coefficient (Wildman–Crippen LogP) is 3.13. The minimum absolute atomic E-state index is 0.0914. The molecule has 0 N–H and O–H groups in total. The minimum atomic E-state index is -3.54. The van der Waals surface area contributed by atoms with Crippen molar-refractivity contribution in [2.45, 2.75) is 37.6 Å². The second-order valence-electron chi connectivity index (χ2n) is 8.49. The van der Waals surface area contributed by atoms with Gasteiger partial charge in [-0.15, -0.1) is 0 Å². The van der Waals surface area contributed by atoms with E-state index < -0.39 is 10.0 Å². The summed E-state index contributed by atoms with van der Waals surface area (Å²) in [6.07, 6.45) is 2.86. The summed E-state index contributed by atoms with van der Waals surface area (Å²) in [4.78, 5) is 17.5. The molecule has 31 heavy (non-hydrogen) atoms. The van der Waals surface area contributed by atoms with Crippen LogP contribution in [0.15, 0.2) is 53.4 Å². The summed E-state index contributed by atoms with van der Waals surface area (Å²) in [5.74, 6) is -0.0914. The number of piperidine rings is 1. The Morgan fingerprint density at radius 1 is 0.871 bits per heavy atom. The van der Waals surface area contributed by atoms with Gasteiger partial charge in [-0.3, -0.25) is 9.69 Å². The molecule has 2 aromatic rings. The first-order chi connectivity index (χ1) is 14.9. The Labute approximate surface area is 185 Å². The molecule has 2 saturated heterocycles. The van der Waals surface area contributed by atoms with E-state index in [1.807, 2.05) is 4.90 Å². The molecular formula is C24H31N3O3S. The highest BCUT2D eigenvalue weighted by Gasteiger charge is 2.28. The Bertz CT molecular complexity index is 1020. The van der Waals surface area contributed by atoms with Gasteiger partial charge in [0.1, 0.15) is 0 Å². The van der Waals surface area contributed by atoms with E-state index in [0.29, 0.717) is 31.7 Å². The number of rotatable bonds is 5. The third kappa shape index (κ3) is 5.00. The molecule has 0 saturated carbocycles. The largest absolute Gasteiger partial charge is 0.336 e. The van der Waals surface area contributed by atoms with Gasteiger partial charge in [-0.25, -0.2) is 8.42 Å².